The zero-order valence-electron chi connectivity index (χ0n) is 19.4. The van der Waals surface area contributed by atoms with E-state index < -0.39 is 5.41 Å². The number of anilines is 3. The van der Waals surface area contributed by atoms with Crippen molar-refractivity contribution in [2.75, 3.05) is 34.4 Å². The summed E-state index contributed by atoms with van der Waals surface area (Å²) in [7, 11) is 0. The van der Waals surface area contributed by atoms with Crippen molar-refractivity contribution in [1.82, 2.24) is 0 Å². The minimum Gasteiger partial charge on any atom is -0.368 e. The molecule has 0 saturated carbocycles. The van der Waals surface area contributed by atoms with E-state index in [1.807, 2.05) is 56.3 Å². The van der Waals surface area contributed by atoms with Crippen molar-refractivity contribution in [2.24, 2.45) is 10.5 Å². The minimum atomic E-state index is -0.712. The Morgan fingerprint density at radius 2 is 1.74 bits per heavy atom. The maximum Gasteiger partial charge on any atom is 0.261 e. The van der Waals surface area contributed by atoms with Gasteiger partial charge in [0, 0.05) is 36.0 Å². The van der Waals surface area contributed by atoms with E-state index in [0.717, 1.165) is 47.3 Å². The Morgan fingerprint density at radius 1 is 0.941 bits per heavy atom. The lowest BCUT2D eigenvalue weighted by Crippen LogP contribution is -2.67. The molecule has 1 fully saturated rings. The molecule has 172 valence electrons. The number of nitrogens with zero attached hydrogens (tertiary/aromatic N) is 4. The highest BCUT2D eigenvalue weighted by Crippen LogP contribution is 2.48. The van der Waals surface area contributed by atoms with E-state index in [0.29, 0.717) is 6.42 Å². The summed E-state index contributed by atoms with van der Waals surface area (Å²) < 4.78 is 0. The predicted molar refractivity (Wildman–Crippen MR) is 139 cm³/mol. The number of hydrazone groups is 1. The van der Waals surface area contributed by atoms with Gasteiger partial charge in [0.25, 0.3) is 5.91 Å². The summed E-state index contributed by atoms with van der Waals surface area (Å²) in [5.74, 6) is 0.0614. The Morgan fingerprint density at radius 3 is 2.53 bits per heavy atom. The third-order valence-electron chi connectivity index (χ3n) is 7.64. The number of hydrogen-bond donors (Lipinski definition) is 0. The van der Waals surface area contributed by atoms with Crippen LogP contribution in [0, 0.1) is 12.3 Å². The number of para-hydroxylation sites is 1. The fourth-order valence-corrected chi connectivity index (χ4v) is 6.02. The zero-order chi connectivity index (χ0) is 23.4. The number of rotatable bonds is 2. The van der Waals surface area contributed by atoms with Crippen molar-refractivity contribution >= 4 is 40.3 Å². The van der Waals surface area contributed by atoms with E-state index in [-0.39, 0.29) is 11.9 Å². The van der Waals surface area contributed by atoms with Crippen LogP contribution in [0.1, 0.15) is 18.1 Å². The Balaban J connectivity index is 1.44. The summed E-state index contributed by atoms with van der Waals surface area (Å²) >= 11 is 6.32. The lowest BCUT2D eigenvalue weighted by atomic mass is 9.67. The van der Waals surface area contributed by atoms with Gasteiger partial charge < -0.3 is 9.80 Å². The Labute approximate surface area is 205 Å². The van der Waals surface area contributed by atoms with E-state index >= 15 is 0 Å². The summed E-state index contributed by atoms with van der Waals surface area (Å²) in [6.07, 6.45) is 0.657. The summed E-state index contributed by atoms with van der Waals surface area (Å²) in [5, 5.41) is 7.21. The van der Waals surface area contributed by atoms with Crippen LogP contribution in [-0.4, -0.2) is 37.3 Å². The summed E-state index contributed by atoms with van der Waals surface area (Å²) in [6.45, 7) is 6.51. The number of halogens is 1. The van der Waals surface area contributed by atoms with Gasteiger partial charge in [-0.25, -0.2) is 0 Å². The van der Waals surface area contributed by atoms with Crippen LogP contribution >= 0.6 is 11.6 Å². The van der Waals surface area contributed by atoms with Gasteiger partial charge in [-0.05, 0) is 62.2 Å². The van der Waals surface area contributed by atoms with Crippen molar-refractivity contribution in [3.05, 3.63) is 88.9 Å². The van der Waals surface area contributed by atoms with Gasteiger partial charge in [-0.2, -0.15) is 10.1 Å². The molecule has 3 aliphatic rings. The van der Waals surface area contributed by atoms with Crippen molar-refractivity contribution in [3.8, 4) is 0 Å². The van der Waals surface area contributed by atoms with E-state index in [2.05, 4.69) is 40.1 Å². The van der Waals surface area contributed by atoms with Crippen LogP contribution < -0.4 is 14.8 Å². The van der Waals surface area contributed by atoms with Gasteiger partial charge in [-0.3, -0.25) is 4.79 Å². The number of carbonyl (C=O) groups is 1. The Bertz CT molecular complexity index is 1300. The topological polar surface area (TPSA) is 39.2 Å². The van der Waals surface area contributed by atoms with E-state index in [4.69, 9.17) is 16.7 Å². The fraction of sp³-hybridized carbons (Fsp3) is 0.286. The van der Waals surface area contributed by atoms with Crippen LogP contribution in [0.25, 0.3) is 0 Å². The van der Waals surface area contributed by atoms with Gasteiger partial charge in [-0.1, -0.05) is 53.6 Å². The van der Waals surface area contributed by atoms with Crippen molar-refractivity contribution in [2.45, 2.75) is 26.3 Å². The van der Waals surface area contributed by atoms with Crippen LogP contribution in [0.5, 0.6) is 0 Å². The molecule has 1 spiro atoms. The average molecular weight is 471 g/mol. The smallest absolute Gasteiger partial charge is 0.261 e. The van der Waals surface area contributed by atoms with Crippen molar-refractivity contribution in [3.63, 3.8) is 0 Å². The minimum absolute atomic E-state index is 0.0261. The molecule has 6 rings (SSSR count). The van der Waals surface area contributed by atoms with Gasteiger partial charge in [-0.15, -0.1) is 0 Å². The van der Waals surface area contributed by atoms with Gasteiger partial charge in [0.1, 0.15) is 5.41 Å². The highest BCUT2D eigenvalue weighted by Gasteiger charge is 2.59. The van der Waals surface area contributed by atoms with Crippen molar-refractivity contribution < 1.29 is 4.79 Å². The fourth-order valence-electron chi connectivity index (χ4n) is 5.84. The second-order valence-corrected chi connectivity index (χ2v) is 9.99. The van der Waals surface area contributed by atoms with Gasteiger partial charge in [0.2, 0.25) is 0 Å². The van der Waals surface area contributed by atoms with E-state index in [1.165, 1.54) is 11.3 Å². The molecule has 2 unspecified atom stereocenters. The predicted octanol–water partition coefficient (Wildman–Crippen LogP) is 5.31. The lowest BCUT2D eigenvalue weighted by Gasteiger charge is -2.53. The quantitative estimate of drug-likeness (QED) is 0.509. The molecule has 0 bridgehead atoms. The second kappa shape index (κ2) is 7.88. The first-order valence-electron chi connectivity index (χ1n) is 11.8. The monoisotopic (exact) mass is 470 g/mol. The number of piperazine rings is 1. The molecule has 3 aromatic carbocycles. The standard InChI is InChI=1S/C28H27ClN4O/c1-19-10-12-23(13-11-19)33-27(34)28(20(2)30-33)17-21-6-3-4-9-25(21)32-15-14-31(18-26(28)32)24-8-5-7-22(29)16-24/h3-13,16,26H,14-15,17-18H2,1-2H3. The Kier molecular flexibility index (Phi) is 4.92. The zero-order valence-corrected chi connectivity index (χ0v) is 20.2. The molecular formula is C28H27ClN4O. The van der Waals surface area contributed by atoms with Crippen LogP contribution in [-0.2, 0) is 11.2 Å². The number of aryl methyl sites for hydroxylation is 1. The lowest BCUT2D eigenvalue weighted by molar-refractivity contribution is -0.125. The highest BCUT2D eigenvalue weighted by molar-refractivity contribution is 6.30. The van der Waals surface area contributed by atoms with Gasteiger partial charge in [0.15, 0.2) is 0 Å². The number of hydrogen-bond acceptors (Lipinski definition) is 4. The maximum absolute atomic E-state index is 14.3. The molecule has 0 N–H and O–H groups in total. The average Bonchev–Trinajstić information content (AvgIpc) is 3.10. The first kappa shape index (κ1) is 21.2. The molecule has 3 aliphatic heterocycles. The molecule has 3 aromatic rings. The molecule has 0 aliphatic carbocycles. The molecule has 3 heterocycles. The van der Waals surface area contributed by atoms with Gasteiger partial charge in [0.05, 0.1) is 17.4 Å². The molecular weight excluding hydrogens is 444 g/mol. The molecule has 2 atom stereocenters. The normalized spacial score (nSPS) is 23.7. The van der Waals surface area contributed by atoms with Crippen LogP contribution in [0.3, 0.4) is 0 Å². The molecule has 1 saturated heterocycles. The molecule has 0 radical (unpaired) electrons. The molecule has 6 heteroatoms. The molecule has 1 amide bonds. The first-order chi connectivity index (χ1) is 16.5. The molecule has 0 aromatic heterocycles. The van der Waals surface area contributed by atoms with Gasteiger partial charge >= 0.3 is 0 Å². The second-order valence-electron chi connectivity index (χ2n) is 9.55. The van der Waals surface area contributed by atoms with Crippen molar-refractivity contribution in [1.29, 1.82) is 0 Å². The maximum atomic E-state index is 14.3. The Hall–Kier alpha value is -3.31. The third-order valence-corrected chi connectivity index (χ3v) is 7.88. The number of amides is 1. The summed E-state index contributed by atoms with van der Waals surface area (Å²) in [5.41, 5.74) is 5.69. The molecule has 5 nitrogen and oxygen atoms in total. The third kappa shape index (κ3) is 3.14. The summed E-state index contributed by atoms with van der Waals surface area (Å²) in [4.78, 5) is 19.1. The number of fused-ring (bicyclic) bond motifs is 4. The van der Waals surface area contributed by atoms with E-state index in [9.17, 15) is 4.79 Å². The highest BCUT2D eigenvalue weighted by atomic mass is 35.5. The first-order valence-corrected chi connectivity index (χ1v) is 12.2. The number of carbonyl (C=O) groups excluding carboxylic acids is 1. The van der Waals surface area contributed by atoms with Crippen LogP contribution in [0.15, 0.2) is 77.9 Å². The van der Waals surface area contributed by atoms with Crippen LogP contribution in [0.2, 0.25) is 5.02 Å². The van der Waals surface area contributed by atoms with Crippen LogP contribution in [0.4, 0.5) is 17.1 Å². The summed E-state index contributed by atoms with van der Waals surface area (Å²) in [6, 6.07) is 24.5. The number of benzene rings is 3. The van der Waals surface area contributed by atoms with E-state index in [1.54, 1.807) is 5.01 Å². The SMILES string of the molecule is CC1=NN(c2ccc(C)cc2)C(=O)C12Cc1ccccc1N1CCN(c3cccc(Cl)c3)CC12. The largest absolute Gasteiger partial charge is 0.368 e. The molecule has 34 heavy (non-hydrogen) atoms.